The van der Waals surface area contributed by atoms with Gasteiger partial charge in [0.15, 0.2) is 0 Å². The van der Waals surface area contributed by atoms with Gasteiger partial charge in [0, 0.05) is 25.3 Å². The van der Waals surface area contributed by atoms with Crippen molar-refractivity contribution in [3.63, 3.8) is 0 Å². The highest BCUT2D eigenvalue weighted by Crippen LogP contribution is 2.25. The molecule has 1 heterocycles. The van der Waals surface area contributed by atoms with Crippen molar-refractivity contribution in [3.05, 3.63) is 29.6 Å². The van der Waals surface area contributed by atoms with Gasteiger partial charge < -0.3 is 9.84 Å². The monoisotopic (exact) mass is 253 g/mol. The molecule has 1 fully saturated rings. The summed E-state index contributed by atoms with van der Waals surface area (Å²) in [5.41, 5.74) is 0.891. The normalized spacial score (nSPS) is 20.3. The first-order chi connectivity index (χ1) is 8.72. The standard InChI is InChI=1S/C14H20FNO2/c1-18-14-3-2-13(15)8-12(14)10-16-6-4-11(9-16)5-7-17/h2-3,8,11,17H,4-7,9-10H2,1H3. The predicted molar refractivity (Wildman–Crippen MR) is 68.0 cm³/mol. The molecule has 1 aliphatic heterocycles. The Balaban J connectivity index is 1.99. The zero-order valence-corrected chi connectivity index (χ0v) is 10.7. The van der Waals surface area contributed by atoms with Gasteiger partial charge in [-0.3, -0.25) is 4.90 Å². The second-order valence-electron chi connectivity index (χ2n) is 4.86. The summed E-state index contributed by atoms with van der Waals surface area (Å²) in [6, 6.07) is 4.63. The van der Waals surface area contributed by atoms with Crippen molar-refractivity contribution >= 4 is 0 Å². The average Bonchev–Trinajstić information content (AvgIpc) is 2.77. The number of nitrogens with zero attached hydrogens (tertiary/aromatic N) is 1. The zero-order valence-electron chi connectivity index (χ0n) is 10.7. The molecule has 1 unspecified atom stereocenters. The van der Waals surface area contributed by atoms with Gasteiger partial charge in [-0.1, -0.05) is 0 Å². The van der Waals surface area contributed by atoms with Gasteiger partial charge in [-0.25, -0.2) is 4.39 Å². The molecule has 0 radical (unpaired) electrons. The van der Waals surface area contributed by atoms with Crippen LogP contribution in [0.25, 0.3) is 0 Å². The first-order valence-electron chi connectivity index (χ1n) is 6.38. The molecule has 1 aromatic rings. The fourth-order valence-corrected chi connectivity index (χ4v) is 2.59. The molecule has 0 spiro atoms. The number of halogens is 1. The van der Waals surface area contributed by atoms with Gasteiger partial charge in [-0.05, 0) is 43.5 Å². The molecule has 2 rings (SSSR count). The van der Waals surface area contributed by atoms with Gasteiger partial charge in [0.05, 0.1) is 7.11 Å². The molecule has 0 saturated carbocycles. The number of ether oxygens (including phenoxy) is 1. The third-order valence-electron chi connectivity index (χ3n) is 3.54. The predicted octanol–water partition coefficient (Wildman–Crippen LogP) is 2.04. The fraction of sp³-hybridized carbons (Fsp3) is 0.571. The van der Waals surface area contributed by atoms with Crippen LogP contribution in [0.15, 0.2) is 18.2 Å². The van der Waals surface area contributed by atoms with Gasteiger partial charge in [-0.15, -0.1) is 0 Å². The highest BCUT2D eigenvalue weighted by atomic mass is 19.1. The fourth-order valence-electron chi connectivity index (χ4n) is 2.59. The van der Waals surface area contributed by atoms with Crippen LogP contribution < -0.4 is 4.74 Å². The Labute approximate surface area is 107 Å². The molecule has 1 atom stereocenters. The first-order valence-corrected chi connectivity index (χ1v) is 6.38. The maximum atomic E-state index is 13.2. The summed E-state index contributed by atoms with van der Waals surface area (Å²) in [4.78, 5) is 2.29. The van der Waals surface area contributed by atoms with Crippen LogP contribution in [0.5, 0.6) is 5.75 Å². The second kappa shape index (κ2) is 6.16. The number of hydrogen-bond acceptors (Lipinski definition) is 3. The Morgan fingerprint density at radius 1 is 1.50 bits per heavy atom. The molecular weight excluding hydrogens is 233 g/mol. The summed E-state index contributed by atoms with van der Waals surface area (Å²) in [5.74, 6) is 1.08. The third-order valence-corrected chi connectivity index (χ3v) is 3.54. The third kappa shape index (κ3) is 3.21. The van der Waals surface area contributed by atoms with Gasteiger partial charge in [-0.2, -0.15) is 0 Å². The van der Waals surface area contributed by atoms with Crippen LogP contribution in [0.2, 0.25) is 0 Å². The largest absolute Gasteiger partial charge is 0.496 e. The number of likely N-dealkylation sites (tertiary alicyclic amines) is 1. The number of benzene rings is 1. The Morgan fingerprint density at radius 2 is 2.33 bits per heavy atom. The van der Waals surface area contributed by atoms with E-state index in [1.165, 1.54) is 12.1 Å². The SMILES string of the molecule is COc1ccc(F)cc1CN1CCC(CCO)C1. The maximum absolute atomic E-state index is 13.2. The Hall–Kier alpha value is -1.13. The van der Waals surface area contributed by atoms with E-state index in [2.05, 4.69) is 4.90 Å². The molecule has 3 nitrogen and oxygen atoms in total. The minimum absolute atomic E-state index is 0.225. The quantitative estimate of drug-likeness (QED) is 0.871. The Bertz CT molecular complexity index is 397. The second-order valence-corrected chi connectivity index (χ2v) is 4.86. The van der Waals surface area contributed by atoms with Crippen molar-refractivity contribution in [1.29, 1.82) is 0 Å². The molecule has 4 heteroatoms. The zero-order chi connectivity index (χ0) is 13.0. The summed E-state index contributed by atoms with van der Waals surface area (Å²) in [6.07, 6.45) is 1.97. The van der Waals surface area contributed by atoms with Crippen LogP contribution in [-0.4, -0.2) is 36.8 Å². The van der Waals surface area contributed by atoms with E-state index in [4.69, 9.17) is 9.84 Å². The van der Waals surface area contributed by atoms with E-state index >= 15 is 0 Å². The number of aliphatic hydroxyl groups is 1. The molecule has 1 saturated heterocycles. The van der Waals surface area contributed by atoms with Crippen molar-refractivity contribution in [1.82, 2.24) is 4.90 Å². The molecule has 0 aromatic heterocycles. The molecular formula is C14H20FNO2. The van der Waals surface area contributed by atoms with Gasteiger partial charge in [0.2, 0.25) is 0 Å². The number of rotatable bonds is 5. The molecule has 1 N–H and O–H groups in total. The lowest BCUT2D eigenvalue weighted by Crippen LogP contribution is -2.20. The molecule has 0 aliphatic carbocycles. The molecule has 1 aliphatic rings. The Kier molecular flexibility index (Phi) is 4.55. The number of aliphatic hydroxyl groups excluding tert-OH is 1. The lowest BCUT2D eigenvalue weighted by molar-refractivity contribution is 0.248. The van der Waals surface area contributed by atoms with Crippen LogP contribution in [0, 0.1) is 11.7 Å². The van der Waals surface area contributed by atoms with Crippen molar-refractivity contribution in [2.75, 3.05) is 26.8 Å². The van der Waals surface area contributed by atoms with E-state index in [9.17, 15) is 4.39 Å². The summed E-state index contributed by atoms with van der Waals surface area (Å²) < 4.78 is 18.5. The summed E-state index contributed by atoms with van der Waals surface area (Å²) in [5, 5.41) is 8.93. The summed E-state index contributed by atoms with van der Waals surface area (Å²) in [7, 11) is 1.61. The maximum Gasteiger partial charge on any atom is 0.123 e. The van der Waals surface area contributed by atoms with E-state index in [1.807, 2.05) is 0 Å². The lowest BCUT2D eigenvalue weighted by Gasteiger charge is -2.17. The minimum atomic E-state index is -0.225. The van der Waals surface area contributed by atoms with E-state index in [0.29, 0.717) is 12.5 Å². The van der Waals surface area contributed by atoms with E-state index < -0.39 is 0 Å². The van der Waals surface area contributed by atoms with Crippen molar-refractivity contribution in [2.24, 2.45) is 5.92 Å². The Morgan fingerprint density at radius 3 is 3.06 bits per heavy atom. The topological polar surface area (TPSA) is 32.7 Å². The molecule has 18 heavy (non-hydrogen) atoms. The van der Waals surface area contributed by atoms with Gasteiger partial charge >= 0.3 is 0 Å². The average molecular weight is 253 g/mol. The van der Waals surface area contributed by atoms with Crippen LogP contribution in [0.3, 0.4) is 0 Å². The smallest absolute Gasteiger partial charge is 0.123 e. The van der Waals surface area contributed by atoms with E-state index in [0.717, 1.165) is 37.2 Å². The van der Waals surface area contributed by atoms with E-state index in [1.54, 1.807) is 13.2 Å². The van der Waals surface area contributed by atoms with Crippen molar-refractivity contribution in [3.8, 4) is 5.75 Å². The van der Waals surface area contributed by atoms with Crippen LogP contribution in [-0.2, 0) is 6.54 Å². The van der Waals surface area contributed by atoms with E-state index in [-0.39, 0.29) is 12.4 Å². The van der Waals surface area contributed by atoms with Crippen molar-refractivity contribution < 1.29 is 14.2 Å². The minimum Gasteiger partial charge on any atom is -0.496 e. The lowest BCUT2D eigenvalue weighted by atomic mass is 10.1. The molecule has 100 valence electrons. The molecule has 0 amide bonds. The number of hydrogen-bond donors (Lipinski definition) is 1. The van der Waals surface area contributed by atoms with Crippen LogP contribution in [0.1, 0.15) is 18.4 Å². The van der Waals surface area contributed by atoms with Crippen LogP contribution >= 0.6 is 0 Å². The number of methoxy groups -OCH3 is 1. The highest BCUT2D eigenvalue weighted by Gasteiger charge is 2.22. The summed E-state index contributed by atoms with van der Waals surface area (Å²) >= 11 is 0. The highest BCUT2D eigenvalue weighted by molar-refractivity contribution is 5.33. The van der Waals surface area contributed by atoms with Crippen molar-refractivity contribution in [2.45, 2.75) is 19.4 Å². The first kappa shape index (κ1) is 13.3. The summed E-state index contributed by atoms with van der Waals surface area (Å²) in [6.45, 7) is 2.94. The molecule has 0 bridgehead atoms. The molecule has 1 aromatic carbocycles. The van der Waals surface area contributed by atoms with Gasteiger partial charge in [0.1, 0.15) is 11.6 Å². The van der Waals surface area contributed by atoms with Crippen LogP contribution in [0.4, 0.5) is 4.39 Å². The van der Waals surface area contributed by atoms with Gasteiger partial charge in [0.25, 0.3) is 0 Å².